The van der Waals surface area contributed by atoms with Crippen molar-refractivity contribution in [3.8, 4) is 0 Å². The summed E-state index contributed by atoms with van der Waals surface area (Å²) in [5.74, 6) is -0.375. The van der Waals surface area contributed by atoms with Crippen molar-refractivity contribution < 1.29 is 14.6 Å². The molecule has 0 rings (SSSR count). The molecule has 0 fully saturated rings. The monoisotopic (exact) mass is 184 g/mol. The Labute approximate surface area is 78.7 Å². The minimum absolute atomic E-state index is 0.0679. The van der Waals surface area contributed by atoms with Gasteiger partial charge in [0.15, 0.2) is 0 Å². The molecule has 3 nitrogen and oxygen atoms in total. The summed E-state index contributed by atoms with van der Waals surface area (Å²) in [5.41, 5.74) is 0. The highest BCUT2D eigenvalue weighted by Crippen LogP contribution is 2.03. The van der Waals surface area contributed by atoms with Crippen molar-refractivity contribution in [1.82, 2.24) is 0 Å². The number of aliphatic hydroxyl groups is 1. The third kappa shape index (κ3) is 7.28. The Morgan fingerprint density at radius 2 is 2.38 bits per heavy atom. The number of carbonyl (C=O) groups excluding carboxylic acids is 1. The molecule has 0 bridgehead atoms. The summed E-state index contributed by atoms with van der Waals surface area (Å²) in [6.07, 6.45) is 6.15. The largest absolute Gasteiger partial charge is 0.469 e. The molecule has 0 unspecified atom stereocenters. The summed E-state index contributed by atoms with van der Waals surface area (Å²) >= 11 is 0. The van der Waals surface area contributed by atoms with Gasteiger partial charge in [-0.3, -0.25) is 4.79 Å². The topological polar surface area (TPSA) is 46.5 Å². The van der Waals surface area contributed by atoms with Crippen LogP contribution in [0.2, 0.25) is 0 Å². The van der Waals surface area contributed by atoms with Crippen molar-refractivity contribution in [2.24, 2.45) is 0 Å². The molecule has 3 heteroatoms. The number of allylic oxidation sites excluding steroid dienone is 3. The predicted octanol–water partition coefficient (Wildman–Crippen LogP) is 1.43. The van der Waals surface area contributed by atoms with Crippen LogP contribution in [-0.2, 0) is 9.53 Å². The molecule has 0 heterocycles. The summed E-state index contributed by atoms with van der Waals surface area (Å²) in [6, 6.07) is 0. The Morgan fingerprint density at radius 3 is 2.92 bits per heavy atom. The Balaban J connectivity index is 3.50. The fourth-order valence-electron chi connectivity index (χ4n) is 0.859. The molecule has 0 radical (unpaired) electrons. The first-order chi connectivity index (χ1) is 6.20. The highest BCUT2D eigenvalue weighted by molar-refractivity contribution is 5.69. The highest BCUT2D eigenvalue weighted by Gasteiger charge is 2.09. The lowest BCUT2D eigenvalue weighted by molar-refractivity contribution is -0.142. The van der Waals surface area contributed by atoms with Gasteiger partial charge < -0.3 is 9.84 Å². The molecule has 1 atom stereocenters. The Hall–Kier alpha value is -1.09. The molecular weight excluding hydrogens is 168 g/mol. The SMILES string of the molecule is C=CC=CCC[C@@H](O)CC(=O)OC. The van der Waals surface area contributed by atoms with Gasteiger partial charge in [0.1, 0.15) is 0 Å². The summed E-state index contributed by atoms with van der Waals surface area (Å²) in [4.78, 5) is 10.7. The normalized spacial score (nSPS) is 12.8. The van der Waals surface area contributed by atoms with E-state index in [4.69, 9.17) is 0 Å². The van der Waals surface area contributed by atoms with Crippen LogP contribution >= 0.6 is 0 Å². The predicted molar refractivity (Wildman–Crippen MR) is 51.2 cm³/mol. The molecule has 1 N–H and O–H groups in total. The molecule has 0 aromatic heterocycles. The number of ether oxygens (including phenoxy) is 1. The molecule has 0 aliphatic heterocycles. The van der Waals surface area contributed by atoms with Crippen LogP contribution in [0.4, 0.5) is 0 Å². The van der Waals surface area contributed by atoms with Crippen LogP contribution in [0.3, 0.4) is 0 Å². The summed E-state index contributed by atoms with van der Waals surface area (Å²) in [6.45, 7) is 3.52. The van der Waals surface area contributed by atoms with E-state index in [0.717, 1.165) is 6.42 Å². The van der Waals surface area contributed by atoms with Gasteiger partial charge in [0.05, 0.1) is 19.6 Å². The van der Waals surface area contributed by atoms with Crippen molar-refractivity contribution in [2.75, 3.05) is 7.11 Å². The van der Waals surface area contributed by atoms with E-state index in [1.165, 1.54) is 7.11 Å². The maximum atomic E-state index is 10.7. The maximum absolute atomic E-state index is 10.7. The number of carbonyl (C=O) groups is 1. The number of methoxy groups -OCH3 is 1. The molecule has 0 aromatic carbocycles. The molecule has 13 heavy (non-hydrogen) atoms. The second kappa shape index (κ2) is 7.55. The molecule has 0 amide bonds. The molecule has 0 saturated carbocycles. The number of esters is 1. The van der Waals surface area contributed by atoms with Crippen molar-refractivity contribution in [3.63, 3.8) is 0 Å². The van der Waals surface area contributed by atoms with Gasteiger partial charge in [-0.25, -0.2) is 0 Å². The van der Waals surface area contributed by atoms with E-state index in [2.05, 4.69) is 11.3 Å². The van der Waals surface area contributed by atoms with E-state index in [0.29, 0.717) is 6.42 Å². The number of hydrogen-bond acceptors (Lipinski definition) is 3. The summed E-state index contributed by atoms with van der Waals surface area (Å²) in [5, 5.41) is 9.29. The van der Waals surface area contributed by atoms with E-state index < -0.39 is 6.10 Å². The van der Waals surface area contributed by atoms with E-state index in [9.17, 15) is 9.90 Å². The zero-order valence-corrected chi connectivity index (χ0v) is 7.90. The van der Waals surface area contributed by atoms with E-state index in [-0.39, 0.29) is 12.4 Å². The van der Waals surface area contributed by atoms with Gasteiger partial charge in [-0.1, -0.05) is 24.8 Å². The fourth-order valence-corrected chi connectivity index (χ4v) is 0.859. The summed E-state index contributed by atoms with van der Waals surface area (Å²) in [7, 11) is 1.31. The smallest absolute Gasteiger partial charge is 0.308 e. The van der Waals surface area contributed by atoms with Crippen LogP contribution in [0.5, 0.6) is 0 Å². The Bertz CT molecular complexity index is 185. The van der Waals surface area contributed by atoms with Gasteiger partial charge in [0.2, 0.25) is 0 Å². The fraction of sp³-hybridized carbons (Fsp3) is 0.500. The Kier molecular flexibility index (Phi) is 6.92. The number of rotatable bonds is 6. The average molecular weight is 184 g/mol. The molecule has 0 spiro atoms. The molecule has 74 valence electrons. The highest BCUT2D eigenvalue weighted by atomic mass is 16.5. The standard InChI is InChI=1S/C10H16O3/c1-3-4-5-6-7-9(11)8-10(12)13-2/h3-5,9,11H,1,6-8H2,2H3/t9-/m1/s1. The van der Waals surface area contributed by atoms with Crippen LogP contribution < -0.4 is 0 Å². The first-order valence-electron chi connectivity index (χ1n) is 4.23. The zero-order valence-electron chi connectivity index (χ0n) is 7.90. The quantitative estimate of drug-likeness (QED) is 0.502. The average Bonchev–Trinajstić information content (AvgIpc) is 2.12. The van der Waals surface area contributed by atoms with Crippen LogP contribution in [0, 0.1) is 0 Å². The number of aliphatic hydroxyl groups excluding tert-OH is 1. The third-order valence-electron chi connectivity index (χ3n) is 1.57. The second-order valence-electron chi connectivity index (χ2n) is 2.68. The van der Waals surface area contributed by atoms with Crippen molar-refractivity contribution in [1.29, 1.82) is 0 Å². The van der Waals surface area contributed by atoms with E-state index in [1.54, 1.807) is 6.08 Å². The van der Waals surface area contributed by atoms with E-state index in [1.807, 2.05) is 12.2 Å². The van der Waals surface area contributed by atoms with Crippen molar-refractivity contribution in [3.05, 3.63) is 24.8 Å². The van der Waals surface area contributed by atoms with Gasteiger partial charge in [-0.15, -0.1) is 0 Å². The van der Waals surface area contributed by atoms with Gasteiger partial charge in [0, 0.05) is 0 Å². The molecule has 0 aliphatic carbocycles. The first-order valence-corrected chi connectivity index (χ1v) is 4.23. The minimum atomic E-state index is -0.609. The zero-order chi connectivity index (χ0) is 10.1. The van der Waals surface area contributed by atoms with Crippen LogP contribution in [0.25, 0.3) is 0 Å². The van der Waals surface area contributed by atoms with Crippen molar-refractivity contribution >= 4 is 5.97 Å². The minimum Gasteiger partial charge on any atom is -0.469 e. The third-order valence-corrected chi connectivity index (χ3v) is 1.57. The van der Waals surface area contributed by atoms with Crippen molar-refractivity contribution in [2.45, 2.75) is 25.4 Å². The van der Waals surface area contributed by atoms with Crippen LogP contribution in [-0.4, -0.2) is 24.3 Å². The van der Waals surface area contributed by atoms with Gasteiger partial charge in [0.25, 0.3) is 0 Å². The molecule has 0 aromatic rings. The molecule has 0 saturated heterocycles. The van der Waals surface area contributed by atoms with Gasteiger partial charge >= 0.3 is 5.97 Å². The maximum Gasteiger partial charge on any atom is 0.308 e. The van der Waals surface area contributed by atoms with Crippen LogP contribution in [0.1, 0.15) is 19.3 Å². The lowest BCUT2D eigenvalue weighted by atomic mass is 10.1. The van der Waals surface area contributed by atoms with E-state index >= 15 is 0 Å². The summed E-state index contributed by atoms with van der Waals surface area (Å²) < 4.78 is 4.42. The molecular formula is C10H16O3. The Morgan fingerprint density at radius 1 is 1.69 bits per heavy atom. The number of hydrogen-bond donors (Lipinski definition) is 1. The van der Waals surface area contributed by atoms with Crippen LogP contribution in [0.15, 0.2) is 24.8 Å². The van der Waals surface area contributed by atoms with Gasteiger partial charge in [-0.05, 0) is 12.8 Å². The molecule has 0 aliphatic rings. The first kappa shape index (κ1) is 11.9. The second-order valence-corrected chi connectivity index (χ2v) is 2.68. The lowest BCUT2D eigenvalue weighted by Crippen LogP contribution is -2.13. The van der Waals surface area contributed by atoms with Gasteiger partial charge in [-0.2, -0.15) is 0 Å². The lowest BCUT2D eigenvalue weighted by Gasteiger charge is -2.06.